The van der Waals surface area contributed by atoms with Crippen LogP contribution in [0.25, 0.3) is 10.9 Å². The van der Waals surface area contributed by atoms with Crippen molar-refractivity contribution in [1.29, 1.82) is 0 Å². The van der Waals surface area contributed by atoms with Crippen molar-refractivity contribution < 1.29 is 9.53 Å². The van der Waals surface area contributed by atoms with Crippen LogP contribution in [0.3, 0.4) is 0 Å². The van der Waals surface area contributed by atoms with Crippen molar-refractivity contribution in [2.45, 2.75) is 6.42 Å². The van der Waals surface area contributed by atoms with E-state index in [2.05, 4.69) is 15.8 Å². The maximum absolute atomic E-state index is 10.9. The van der Waals surface area contributed by atoms with E-state index in [4.69, 9.17) is 0 Å². The van der Waals surface area contributed by atoms with Crippen LogP contribution in [-0.2, 0) is 16.0 Å². The molecular weight excluding hydrogens is 202 g/mol. The molecule has 0 radical (unpaired) electrons. The van der Waals surface area contributed by atoms with E-state index in [0.29, 0.717) is 0 Å². The highest BCUT2D eigenvalue weighted by Gasteiger charge is 1.99. The van der Waals surface area contributed by atoms with Gasteiger partial charge in [-0.05, 0) is 24.1 Å². The fraction of sp³-hybridized carbons (Fsp3) is 0.154. The van der Waals surface area contributed by atoms with Crippen LogP contribution in [0.5, 0.6) is 0 Å². The molecule has 0 atom stereocenters. The van der Waals surface area contributed by atoms with Crippen molar-refractivity contribution in [2.24, 2.45) is 0 Å². The second kappa shape index (κ2) is 4.66. The van der Waals surface area contributed by atoms with Gasteiger partial charge in [0.25, 0.3) is 0 Å². The van der Waals surface area contributed by atoms with Crippen LogP contribution >= 0.6 is 0 Å². The molecule has 1 N–H and O–H groups in total. The number of methoxy groups -OCH3 is 1. The predicted molar refractivity (Wildman–Crippen MR) is 63.2 cm³/mol. The van der Waals surface area contributed by atoms with E-state index in [0.717, 1.165) is 11.9 Å². The first-order valence-electron chi connectivity index (χ1n) is 5.11. The van der Waals surface area contributed by atoms with Gasteiger partial charge in [0.15, 0.2) is 0 Å². The summed E-state index contributed by atoms with van der Waals surface area (Å²) in [5.41, 5.74) is 2.31. The van der Waals surface area contributed by atoms with Crippen LogP contribution in [0, 0.1) is 0 Å². The zero-order chi connectivity index (χ0) is 11.4. The highest BCUT2D eigenvalue weighted by Crippen LogP contribution is 2.17. The van der Waals surface area contributed by atoms with E-state index in [1.807, 2.05) is 30.5 Å². The molecule has 2 rings (SSSR count). The smallest absolute Gasteiger partial charge is 0.330 e. The van der Waals surface area contributed by atoms with Crippen molar-refractivity contribution in [3.63, 3.8) is 0 Å². The predicted octanol–water partition coefficient (Wildman–Crippen LogP) is 2.44. The molecule has 0 aliphatic heterocycles. The molecule has 0 aliphatic rings. The molecule has 0 unspecified atom stereocenters. The van der Waals surface area contributed by atoms with E-state index in [-0.39, 0.29) is 5.97 Å². The summed E-state index contributed by atoms with van der Waals surface area (Å²) in [5.74, 6) is -0.318. The van der Waals surface area contributed by atoms with E-state index in [9.17, 15) is 4.79 Å². The number of aromatic amines is 1. The molecule has 3 heteroatoms. The first kappa shape index (κ1) is 10.5. The Balaban J connectivity index is 2.18. The Hall–Kier alpha value is -2.03. The number of carbonyl (C=O) groups is 1. The van der Waals surface area contributed by atoms with Gasteiger partial charge in [0.1, 0.15) is 0 Å². The standard InChI is InChI=1S/C13H13NO2/c1-16-13(15)7-3-5-10-4-2-6-12-11(10)8-9-14-12/h2-4,6-9,14H,5H2,1H3. The molecule has 2 aromatic rings. The second-order valence-electron chi connectivity index (χ2n) is 3.49. The first-order valence-corrected chi connectivity index (χ1v) is 5.11. The number of esters is 1. The lowest BCUT2D eigenvalue weighted by Gasteiger charge is -1.98. The highest BCUT2D eigenvalue weighted by atomic mass is 16.5. The first-order chi connectivity index (χ1) is 7.81. The van der Waals surface area contributed by atoms with Gasteiger partial charge in [0, 0.05) is 23.2 Å². The lowest BCUT2D eigenvalue weighted by Crippen LogP contribution is -1.94. The summed E-state index contributed by atoms with van der Waals surface area (Å²) < 4.78 is 4.53. The minimum absolute atomic E-state index is 0.318. The zero-order valence-electron chi connectivity index (χ0n) is 9.07. The molecule has 0 amide bonds. The summed E-state index contributed by atoms with van der Waals surface area (Å²) in [6, 6.07) is 8.12. The van der Waals surface area contributed by atoms with Crippen molar-refractivity contribution in [1.82, 2.24) is 4.98 Å². The van der Waals surface area contributed by atoms with Gasteiger partial charge in [0.2, 0.25) is 0 Å². The van der Waals surface area contributed by atoms with Crippen LogP contribution in [0.1, 0.15) is 5.56 Å². The van der Waals surface area contributed by atoms with Gasteiger partial charge in [-0.1, -0.05) is 18.2 Å². The molecule has 1 heterocycles. The largest absolute Gasteiger partial charge is 0.466 e. The minimum Gasteiger partial charge on any atom is -0.466 e. The Bertz CT molecular complexity index is 525. The summed E-state index contributed by atoms with van der Waals surface area (Å²) in [5, 5.41) is 1.19. The number of fused-ring (bicyclic) bond motifs is 1. The number of nitrogens with one attached hydrogen (secondary N) is 1. The quantitative estimate of drug-likeness (QED) is 0.631. The van der Waals surface area contributed by atoms with Crippen LogP contribution in [0.4, 0.5) is 0 Å². The lowest BCUT2D eigenvalue weighted by molar-refractivity contribution is -0.134. The van der Waals surface area contributed by atoms with Gasteiger partial charge < -0.3 is 9.72 Å². The molecule has 0 spiro atoms. The Morgan fingerprint density at radius 1 is 1.44 bits per heavy atom. The van der Waals surface area contributed by atoms with Crippen molar-refractivity contribution in [2.75, 3.05) is 7.11 Å². The number of ether oxygens (including phenoxy) is 1. The number of carbonyl (C=O) groups excluding carboxylic acids is 1. The molecule has 0 aliphatic carbocycles. The highest BCUT2D eigenvalue weighted by molar-refractivity contribution is 5.84. The number of hydrogen-bond donors (Lipinski definition) is 1. The van der Waals surface area contributed by atoms with Crippen LogP contribution < -0.4 is 0 Å². The summed E-state index contributed by atoms with van der Waals surface area (Å²) >= 11 is 0. The number of benzene rings is 1. The number of H-pyrrole nitrogens is 1. The zero-order valence-corrected chi connectivity index (χ0v) is 9.07. The van der Waals surface area contributed by atoms with Crippen LogP contribution in [0.15, 0.2) is 42.6 Å². The molecule has 1 aromatic carbocycles. The van der Waals surface area contributed by atoms with Crippen molar-refractivity contribution in [3.8, 4) is 0 Å². The van der Waals surface area contributed by atoms with Gasteiger partial charge in [-0.25, -0.2) is 4.79 Å². The van der Waals surface area contributed by atoms with Crippen LogP contribution in [-0.4, -0.2) is 18.1 Å². The van der Waals surface area contributed by atoms with E-state index in [1.165, 1.54) is 24.1 Å². The fourth-order valence-corrected chi connectivity index (χ4v) is 1.68. The van der Waals surface area contributed by atoms with Crippen molar-refractivity contribution >= 4 is 16.9 Å². The Kier molecular flexibility index (Phi) is 3.05. The minimum atomic E-state index is -0.318. The third kappa shape index (κ3) is 2.14. The van der Waals surface area contributed by atoms with E-state index < -0.39 is 0 Å². The van der Waals surface area contributed by atoms with Crippen molar-refractivity contribution in [3.05, 3.63) is 48.2 Å². The SMILES string of the molecule is COC(=O)C=CCc1cccc2[nH]ccc12. The Morgan fingerprint density at radius 2 is 2.31 bits per heavy atom. The number of hydrogen-bond acceptors (Lipinski definition) is 2. The number of allylic oxidation sites excluding steroid dienone is 1. The third-order valence-electron chi connectivity index (χ3n) is 2.48. The molecule has 0 saturated heterocycles. The average Bonchev–Trinajstić information content (AvgIpc) is 2.77. The molecule has 1 aromatic heterocycles. The maximum atomic E-state index is 10.9. The Labute approximate surface area is 93.7 Å². The third-order valence-corrected chi connectivity index (χ3v) is 2.48. The maximum Gasteiger partial charge on any atom is 0.330 e. The molecular formula is C13H13NO2. The monoisotopic (exact) mass is 215 g/mol. The molecule has 0 saturated carbocycles. The molecule has 3 nitrogen and oxygen atoms in total. The van der Waals surface area contributed by atoms with Gasteiger partial charge in [-0.15, -0.1) is 0 Å². The molecule has 16 heavy (non-hydrogen) atoms. The number of aromatic nitrogens is 1. The Morgan fingerprint density at radius 3 is 3.12 bits per heavy atom. The summed E-state index contributed by atoms with van der Waals surface area (Å²) in [6.07, 6.45) is 5.90. The normalized spacial score (nSPS) is 11.1. The summed E-state index contributed by atoms with van der Waals surface area (Å²) in [4.78, 5) is 14.1. The average molecular weight is 215 g/mol. The molecule has 0 fully saturated rings. The van der Waals surface area contributed by atoms with Gasteiger partial charge in [0.05, 0.1) is 7.11 Å². The topological polar surface area (TPSA) is 42.1 Å². The molecule has 82 valence electrons. The van der Waals surface area contributed by atoms with Gasteiger partial charge in [-0.3, -0.25) is 0 Å². The summed E-state index contributed by atoms with van der Waals surface area (Å²) in [7, 11) is 1.37. The number of rotatable bonds is 3. The lowest BCUT2D eigenvalue weighted by atomic mass is 10.1. The van der Waals surface area contributed by atoms with Gasteiger partial charge in [-0.2, -0.15) is 0 Å². The van der Waals surface area contributed by atoms with E-state index >= 15 is 0 Å². The second-order valence-corrected chi connectivity index (χ2v) is 3.49. The fourth-order valence-electron chi connectivity index (χ4n) is 1.68. The van der Waals surface area contributed by atoms with E-state index in [1.54, 1.807) is 0 Å². The van der Waals surface area contributed by atoms with Gasteiger partial charge >= 0.3 is 5.97 Å². The summed E-state index contributed by atoms with van der Waals surface area (Å²) in [6.45, 7) is 0. The molecule has 0 bridgehead atoms. The van der Waals surface area contributed by atoms with Crippen LogP contribution in [0.2, 0.25) is 0 Å².